The third kappa shape index (κ3) is 6.50. The van der Waals surface area contributed by atoms with Crippen LogP contribution < -0.4 is 20.1 Å². The van der Waals surface area contributed by atoms with Crippen LogP contribution >= 0.6 is 0 Å². The second-order valence-electron chi connectivity index (χ2n) is 6.64. The van der Waals surface area contributed by atoms with E-state index in [2.05, 4.69) is 26.2 Å². The number of amides is 2. The van der Waals surface area contributed by atoms with Crippen LogP contribution in [0.5, 0.6) is 11.5 Å². The zero-order valence-electron chi connectivity index (χ0n) is 18.0. The zero-order valence-corrected chi connectivity index (χ0v) is 18.0. The van der Waals surface area contributed by atoms with Crippen molar-refractivity contribution in [1.82, 2.24) is 25.5 Å². The Balaban J connectivity index is 1.52. The van der Waals surface area contributed by atoms with Crippen molar-refractivity contribution in [3.8, 4) is 11.5 Å². The zero-order chi connectivity index (χ0) is 23.6. The molecule has 3 aromatic rings. The number of anilines is 1. The van der Waals surface area contributed by atoms with Gasteiger partial charge in [0.2, 0.25) is 5.91 Å². The molecule has 0 bridgehead atoms. The van der Waals surface area contributed by atoms with Crippen LogP contribution in [-0.2, 0) is 27.4 Å². The molecule has 1 aromatic heterocycles. The fraction of sp³-hybridized carbons (Fsp3) is 0.238. The number of aromatic nitrogens is 4. The molecule has 33 heavy (non-hydrogen) atoms. The Morgan fingerprint density at radius 1 is 1.00 bits per heavy atom. The summed E-state index contributed by atoms with van der Waals surface area (Å²) >= 11 is 0. The number of ether oxygens (including phenoxy) is 3. The molecule has 1 heterocycles. The molecular formula is C21H22N6O6. The number of carbonyl (C=O) groups is 3. The predicted molar refractivity (Wildman–Crippen MR) is 115 cm³/mol. The number of hydrogen-bond acceptors (Lipinski definition) is 9. The Labute approximate surface area is 188 Å². The predicted octanol–water partition coefficient (Wildman–Crippen LogP) is 0.802. The topological polar surface area (TPSA) is 147 Å². The first-order chi connectivity index (χ1) is 16.0. The lowest BCUT2D eigenvalue weighted by Gasteiger charge is -2.12. The molecule has 0 saturated carbocycles. The molecule has 2 aromatic carbocycles. The van der Waals surface area contributed by atoms with E-state index in [-0.39, 0.29) is 24.3 Å². The van der Waals surface area contributed by atoms with E-state index >= 15 is 0 Å². The fourth-order valence-electron chi connectivity index (χ4n) is 2.81. The summed E-state index contributed by atoms with van der Waals surface area (Å²) in [4.78, 5) is 36.8. The van der Waals surface area contributed by atoms with E-state index in [1.54, 1.807) is 36.4 Å². The van der Waals surface area contributed by atoms with E-state index in [1.807, 2.05) is 0 Å². The van der Waals surface area contributed by atoms with Crippen molar-refractivity contribution in [1.29, 1.82) is 0 Å². The molecule has 0 aliphatic rings. The molecular weight excluding hydrogens is 432 g/mol. The second-order valence-corrected chi connectivity index (χ2v) is 6.64. The Kier molecular flexibility index (Phi) is 7.89. The molecule has 0 saturated heterocycles. The number of rotatable bonds is 10. The van der Waals surface area contributed by atoms with Crippen LogP contribution in [0.15, 0.2) is 48.8 Å². The van der Waals surface area contributed by atoms with Crippen LogP contribution in [-0.4, -0.2) is 58.8 Å². The first-order valence-corrected chi connectivity index (χ1v) is 9.74. The molecule has 0 unspecified atom stereocenters. The van der Waals surface area contributed by atoms with Gasteiger partial charge in [-0.3, -0.25) is 9.59 Å². The molecule has 0 atom stereocenters. The number of para-hydroxylation sites is 1. The average Bonchev–Trinajstić information content (AvgIpc) is 3.34. The number of methoxy groups -OCH3 is 2. The van der Waals surface area contributed by atoms with Gasteiger partial charge in [-0.1, -0.05) is 18.2 Å². The average molecular weight is 454 g/mol. The van der Waals surface area contributed by atoms with E-state index in [0.29, 0.717) is 11.5 Å². The van der Waals surface area contributed by atoms with E-state index in [1.165, 1.54) is 31.3 Å². The van der Waals surface area contributed by atoms with Crippen molar-refractivity contribution in [3.63, 3.8) is 0 Å². The number of esters is 1. The van der Waals surface area contributed by atoms with Crippen molar-refractivity contribution in [2.24, 2.45) is 0 Å². The minimum Gasteiger partial charge on any atom is -0.493 e. The van der Waals surface area contributed by atoms with Gasteiger partial charge < -0.3 is 24.8 Å². The monoisotopic (exact) mass is 454 g/mol. The maximum atomic E-state index is 12.5. The van der Waals surface area contributed by atoms with Crippen molar-refractivity contribution in [3.05, 3.63) is 59.9 Å². The minimum absolute atomic E-state index is 0.107. The number of nitrogens with one attached hydrogen (secondary N) is 2. The van der Waals surface area contributed by atoms with E-state index < -0.39 is 24.4 Å². The largest absolute Gasteiger partial charge is 0.493 e. The van der Waals surface area contributed by atoms with Gasteiger partial charge in [-0.2, -0.15) is 0 Å². The smallest absolute Gasteiger partial charge is 0.340 e. The molecule has 172 valence electrons. The Morgan fingerprint density at radius 3 is 2.52 bits per heavy atom. The van der Waals surface area contributed by atoms with Crippen molar-refractivity contribution < 1.29 is 28.6 Å². The molecule has 2 N–H and O–H groups in total. The molecule has 12 nitrogen and oxygen atoms in total. The molecule has 0 aliphatic carbocycles. The fourth-order valence-corrected chi connectivity index (χ4v) is 2.81. The second kappa shape index (κ2) is 11.2. The summed E-state index contributed by atoms with van der Waals surface area (Å²) in [5, 5.41) is 15.8. The standard InChI is InChI=1S/C21H22N6O6/c1-31-17-8-7-14(9-18(17)32-2)10-22-20(29)12-33-21(30)15-5-3-4-6-16(15)24-19(28)11-27-13-23-25-26-27/h3-9,13H,10-12H2,1-2H3,(H,22,29)(H,24,28). The Morgan fingerprint density at radius 2 is 1.79 bits per heavy atom. The highest BCUT2D eigenvalue weighted by atomic mass is 16.5. The lowest BCUT2D eigenvalue weighted by molar-refractivity contribution is -0.124. The maximum Gasteiger partial charge on any atom is 0.340 e. The summed E-state index contributed by atoms with van der Waals surface area (Å²) in [6.45, 7) is -0.408. The van der Waals surface area contributed by atoms with Crippen LogP contribution in [0.25, 0.3) is 0 Å². The molecule has 2 amide bonds. The summed E-state index contributed by atoms with van der Waals surface area (Å²) in [5.41, 5.74) is 1.13. The molecule has 0 fully saturated rings. The van der Waals surface area contributed by atoms with Crippen LogP contribution in [0.2, 0.25) is 0 Å². The van der Waals surface area contributed by atoms with Crippen molar-refractivity contribution >= 4 is 23.5 Å². The van der Waals surface area contributed by atoms with Crippen molar-refractivity contribution in [2.45, 2.75) is 13.1 Å². The van der Waals surface area contributed by atoms with Gasteiger partial charge in [0.1, 0.15) is 12.9 Å². The molecule has 12 heteroatoms. The van der Waals surface area contributed by atoms with E-state index in [0.717, 1.165) is 5.56 Å². The maximum absolute atomic E-state index is 12.5. The Hall–Kier alpha value is -4.48. The first-order valence-electron chi connectivity index (χ1n) is 9.74. The summed E-state index contributed by atoms with van der Waals surface area (Å²) < 4.78 is 16.7. The van der Waals surface area contributed by atoms with Gasteiger partial charge in [0, 0.05) is 6.54 Å². The van der Waals surface area contributed by atoms with E-state index in [4.69, 9.17) is 14.2 Å². The van der Waals surface area contributed by atoms with Gasteiger partial charge >= 0.3 is 5.97 Å². The number of benzene rings is 2. The third-order valence-corrected chi connectivity index (χ3v) is 4.39. The highest BCUT2D eigenvalue weighted by molar-refractivity contribution is 6.01. The molecule has 0 radical (unpaired) electrons. The SMILES string of the molecule is COc1ccc(CNC(=O)COC(=O)c2ccccc2NC(=O)Cn2cnnn2)cc1OC. The first kappa shape index (κ1) is 23.2. The molecule has 0 aliphatic heterocycles. The van der Waals surface area contributed by atoms with Crippen molar-refractivity contribution in [2.75, 3.05) is 26.1 Å². The van der Waals surface area contributed by atoms with Crippen LogP contribution in [0.1, 0.15) is 15.9 Å². The van der Waals surface area contributed by atoms with Crippen LogP contribution in [0, 0.1) is 0 Å². The van der Waals surface area contributed by atoms with Crippen LogP contribution in [0.3, 0.4) is 0 Å². The molecule has 3 rings (SSSR count). The van der Waals surface area contributed by atoms with Gasteiger partial charge in [-0.15, -0.1) is 5.10 Å². The minimum atomic E-state index is -0.755. The summed E-state index contributed by atoms with van der Waals surface area (Å²) in [6.07, 6.45) is 1.29. The highest BCUT2D eigenvalue weighted by Crippen LogP contribution is 2.27. The number of hydrogen-bond donors (Lipinski definition) is 2. The normalized spacial score (nSPS) is 10.2. The number of tetrazole rings is 1. The van der Waals surface area contributed by atoms with Crippen LogP contribution in [0.4, 0.5) is 5.69 Å². The Bertz CT molecular complexity index is 1120. The van der Waals surface area contributed by atoms with E-state index in [9.17, 15) is 14.4 Å². The summed E-state index contributed by atoms with van der Waals surface area (Å²) in [6, 6.07) is 11.5. The van der Waals surface area contributed by atoms with Gasteiger partial charge in [-0.25, -0.2) is 9.48 Å². The highest BCUT2D eigenvalue weighted by Gasteiger charge is 2.16. The lowest BCUT2D eigenvalue weighted by Crippen LogP contribution is -2.28. The number of nitrogens with zero attached hydrogens (tertiary/aromatic N) is 4. The number of carbonyl (C=O) groups excluding carboxylic acids is 3. The quantitative estimate of drug-likeness (QED) is 0.425. The molecule has 0 spiro atoms. The van der Waals surface area contributed by atoms with Gasteiger partial charge in [-0.05, 0) is 40.3 Å². The van der Waals surface area contributed by atoms with Gasteiger partial charge in [0.15, 0.2) is 18.1 Å². The van der Waals surface area contributed by atoms with Gasteiger partial charge in [0.05, 0.1) is 25.5 Å². The third-order valence-electron chi connectivity index (χ3n) is 4.39. The summed E-state index contributed by atoms with van der Waals surface area (Å²) in [7, 11) is 3.05. The summed E-state index contributed by atoms with van der Waals surface area (Å²) in [5.74, 6) is -0.567. The lowest BCUT2D eigenvalue weighted by atomic mass is 10.2. The van der Waals surface area contributed by atoms with Gasteiger partial charge in [0.25, 0.3) is 5.91 Å².